The number of sulfonamides is 1. The Bertz CT molecular complexity index is 1130. The molecule has 2 heterocycles. The highest BCUT2D eigenvalue weighted by Gasteiger charge is 2.40. The van der Waals surface area contributed by atoms with Gasteiger partial charge in [0.1, 0.15) is 11.1 Å². The van der Waals surface area contributed by atoms with Crippen molar-refractivity contribution >= 4 is 21.6 Å². The number of anilines is 1. The Labute approximate surface area is 196 Å². The molecule has 0 spiro atoms. The fraction of sp³-hybridized carbons (Fsp3) is 0.480. The van der Waals surface area contributed by atoms with E-state index in [-0.39, 0.29) is 18.5 Å². The standard InChI is InChI=1S/C25H32FN3O3S/c1-18-5-4-6-21(15-18)25-10-7-19(2)29(33(25,31)32)17-22-8-9-23(16-24(22)26)28-13-11-27(12-14-28)20(3)30/h4-6,8-9,15-16,19,25H,7,10-14,17H2,1-3H3. The quantitative estimate of drug-likeness (QED) is 0.677. The Morgan fingerprint density at radius 1 is 1.06 bits per heavy atom. The maximum absolute atomic E-state index is 15.1. The molecule has 2 aliphatic rings. The molecule has 2 fully saturated rings. The van der Waals surface area contributed by atoms with Crippen LogP contribution in [0.4, 0.5) is 10.1 Å². The number of carbonyl (C=O) groups is 1. The maximum atomic E-state index is 15.1. The average molecular weight is 474 g/mol. The molecule has 2 saturated heterocycles. The molecule has 0 aliphatic carbocycles. The predicted octanol–water partition coefficient (Wildman–Crippen LogP) is 3.86. The molecule has 0 N–H and O–H groups in total. The fourth-order valence-electron chi connectivity index (χ4n) is 4.86. The van der Waals surface area contributed by atoms with Gasteiger partial charge in [-0.2, -0.15) is 4.31 Å². The first-order chi connectivity index (χ1) is 15.7. The second kappa shape index (κ2) is 9.43. The van der Waals surface area contributed by atoms with Crippen LogP contribution in [-0.2, 0) is 21.4 Å². The fourth-order valence-corrected chi connectivity index (χ4v) is 7.04. The summed E-state index contributed by atoms with van der Waals surface area (Å²) >= 11 is 0. The molecule has 8 heteroatoms. The summed E-state index contributed by atoms with van der Waals surface area (Å²) in [5, 5.41) is -0.603. The topological polar surface area (TPSA) is 60.9 Å². The highest BCUT2D eigenvalue weighted by atomic mass is 32.2. The van der Waals surface area contributed by atoms with Gasteiger partial charge < -0.3 is 9.80 Å². The second-order valence-corrected chi connectivity index (χ2v) is 11.3. The van der Waals surface area contributed by atoms with Crippen LogP contribution in [-0.4, -0.2) is 55.8 Å². The summed E-state index contributed by atoms with van der Waals surface area (Å²) < 4.78 is 43.6. The Hall–Kier alpha value is -2.45. The van der Waals surface area contributed by atoms with Crippen molar-refractivity contribution in [3.8, 4) is 0 Å². The Kier molecular flexibility index (Phi) is 6.77. The van der Waals surface area contributed by atoms with Crippen LogP contribution in [0.15, 0.2) is 42.5 Å². The summed E-state index contributed by atoms with van der Waals surface area (Å²) in [7, 11) is -3.62. The van der Waals surface area contributed by atoms with Crippen LogP contribution in [0.2, 0.25) is 0 Å². The molecular weight excluding hydrogens is 441 g/mol. The van der Waals surface area contributed by atoms with Gasteiger partial charge in [-0.1, -0.05) is 35.9 Å². The normalized spacial score (nSPS) is 23.5. The number of hydrogen-bond donors (Lipinski definition) is 0. The average Bonchev–Trinajstić information content (AvgIpc) is 2.77. The number of aryl methyl sites for hydroxylation is 1. The lowest BCUT2D eigenvalue weighted by Crippen LogP contribution is -2.48. The molecule has 178 valence electrons. The van der Waals surface area contributed by atoms with E-state index in [1.165, 1.54) is 10.4 Å². The minimum absolute atomic E-state index is 0.0239. The van der Waals surface area contributed by atoms with Crippen molar-refractivity contribution in [2.24, 2.45) is 0 Å². The molecule has 2 atom stereocenters. The Morgan fingerprint density at radius 3 is 2.42 bits per heavy atom. The van der Waals surface area contributed by atoms with Crippen molar-refractivity contribution in [1.29, 1.82) is 0 Å². The van der Waals surface area contributed by atoms with Gasteiger partial charge in [-0.25, -0.2) is 12.8 Å². The summed E-state index contributed by atoms with van der Waals surface area (Å²) in [4.78, 5) is 15.4. The summed E-state index contributed by atoms with van der Waals surface area (Å²) in [6, 6.07) is 12.5. The van der Waals surface area contributed by atoms with Crippen LogP contribution in [0.3, 0.4) is 0 Å². The smallest absolute Gasteiger partial charge is 0.221 e. The third-order valence-corrected chi connectivity index (χ3v) is 9.26. The molecular formula is C25H32FN3O3S. The lowest BCUT2D eigenvalue weighted by atomic mass is 10.0. The van der Waals surface area contributed by atoms with Crippen molar-refractivity contribution in [1.82, 2.24) is 9.21 Å². The number of nitrogens with zero attached hydrogens (tertiary/aromatic N) is 3. The van der Waals surface area contributed by atoms with Crippen LogP contribution in [0.5, 0.6) is 0 Å². The van der Waals surface area contributed by atoms with Gasteiger partial charge in [0.25, 0.3) is 0 Å². The summed E-state index contributed by atoms with van der Waals surface area (Å²) in [6.45, 7) is 7.95. The van der Waals surface area contributed by atoms with Gasteiger partial charge in [-0.15, -0.1) is 0 Å². The summed E-state index contributed by atoms with van der Waals surface area (Å²) in [5.41, 5.74) is 2.96. The molecule has 0 radical (unpaired) electrons. The number of rotatable bonds is 4. The van der Waals surface area contributed by atoms with E-state index in [0.717, 1.165) is 23.2 Å². The van der Waals surface area contributed by atoms with Gasteiger partial charge in [0.2, 0.25) is 15.9 Å². The van der Waals surface area contributed by atoms with Gasteiger partial charge in [0.15, 0.2) is 0 Å². The van der Waals surface area contributed by atoms with E-state index in [1.54, 1.807) is 17.9 Å². The van der Waals surface area contributed by atoms with E-state index in [2.05, 4.69) is 4.90 Å². The minimum Gasteiger partial charge on any atom is -0.368 e. The number of piperazine rings is 1. The summed E-state index contributed by atoms with van der Waals surface area (Å²) in [5.74, 6) is -0.349. The van der Waals surface area contributed by atoms with Crippen LogP contribution in [0, 0.1) is 12.7 Å². The molecule has 2 unspecified atom stereocenters. The number of hydrogen-bond acceptors (Lipinski definition) is 4. The van der Waals surface area contributed by atoms with E-state index < -0.39 is 21.1 Å². The van der Waals surface area contributed by atoms with E-state index >= 15 is 4.39 Å². The van der Waals surface area contributed by atoms with Gasteiger partial charge in [0, 0.05) is 56.9 Å². The van der Waals surface area contributed by atoms with Crippen molar-refractivity contribution < 1.29 is 17.6 Å². The van der Waals surface area contributed by atoms with Crippen LogP contribution in [0.1, 0.15) is 48.6 Å². The number of halogens is 1. The highest BCUT2D eigenvalue weighted by molar-refractivity contribution is 7.89. The zero-order chi connectivity index (χ0) is 23.8. The maximum Gasteiger partial charge on any atom is 0.221 e. The molecule has 0 saturated carbocycles. The van der Waals surface area contributed by atoms with E-state index in [4.69, 9.17) is 0 Å². The molecule has 0 bridgehead atoms. The van der Waals surface area contributed by atoms with Crippen molar-refractivity contribution in [2.45, 2.75) is 51.4 Å². The van der Waals surface area contributed by atoms with Gasteiger partial charge in [-0.3, -0.25) is 4.79 Å². The number of carbonyl (C=O) groups excluding carboxylic acids is 1. The van der Waals surface area contributed by atoms with Crippen LogP contribution in [0.25, 0.3) is 0 Å². The van der Waals surface area contributed by atoms with Crippen molar-refractivity contribution in [3.63, 3.8) is 0 Å². The van der Waals surface area contributed by atoms with Gasteiger partial charge in [-0.05, 0) is 44.4 Å². The highest BCUT2D eigenvalue weighted by Crippen LogP contribution is 2.38. The molecule has 2 aromatic rings. The zero-order valence-corrected chi connectivity index (χ0v) is 20.3. The third-order valence-electron chi connectivity index (χ3n) is 6.89. The third kappa shape index (κ3) is 4.92. The number of benzene rings is 2. The van der Waals surface area contributed by atoms with Gasteiger partial charge in [0.05, 0.1) is 0 Å². The van der Waals surface area contributed by atoms with E-state index in [0.29, 0.717) is 38.2 Å². The molecule has 6 nitrogen and oxygen atoms in total. The SMILES string of the molecule is CC(=O)N1CCN(c2ccc(CN3C(C)CCC(c4cccc(C)c4)S3(=O)=O)c(F)c2)CC1. The first kappa shape index (κ1) is 23.7. The van der Waals surface area contributed by atoms with Crippen molar-refractivity contribution in [3.05, 3.63) is 65.0 Å². The van der Waals surface area contributed by atoms with Crippen LogP contribution >= 0.6 is 0 Å². The molecule has 33 heavy (non-hydrogen) atoms. The molecule has 2 aliphatic heterocycles. The Balaban J connectivity index is 1.52. The van der Waals surface area contributed by atoms with Crippen molar-refractivity contribution in [2.75, 3.05) is 31.1 Å². The summed E-state index contributed by atoms with van der Waals surface area (Å²) in [6.07, 6.45) is 1.30. The monoisotopic (exact) mass is 473 g/mol. The Morgan fingerprint density at radius 2 is 1.79 bits per heavy atom. The van der Waals surface area contributed by atoms with Crippen LogP contribution < -0.4 is 4.90 Å². The van der Waals surface area contributed by atoms with E-state index in [9.17, 15) is 13.2 Å². The number of amides is 1. The lowest BCUT2D eigenvalue weighted by Gasteiger charge is -2.38. The largest absolute Gasteiger partial charge is 0.368 e. The predicted molar refractivity (Wildman–Crippen MR) is 128 cm³/mol. The molecule has 4 rings (SSSR count). The first-order valence-electron chi connectivity index (χ1n) is 11.5. The molecule has 0 aromatic heterocycles. The lowest BCUT2D eigenvalue weighted by molar-refractivity contribution is -0.129. The van der Waals surface area contributed by atoms with Gasteiger partial charge >= 0.3 is 0 Å². The first-order valence-corrected chi connectivity index (χ1v) is 13.0. The zero-order valence-electron chi connectivity index (χ0n) is 19.5. The van der Waals surface area contributed by atoms with E-state index in [1.807, 2.05) is 44.2 Å². The molecule has 1 amide bonds. The second-order valence-electron chi connectivity index (χ2n) is 9.19. The molecule has 2 aromatic carbocycles. The minimum atomic E-state index is -3.62.